The molecule has 10 heavy (non-hydrogen) atoms. The van der Waals surface area contributed by atoms with E-state index in [-0.39, 0.29) is 0 Å². The molecule has 62 valence electrons. The highest BCUT2D eigenvalue weighted by Crippen LogP contribution is 2.05. The van der Waals surface area contributed by atoms with Crippen LogP contribution in [-0.4, -0.2) is 24.6 Å². The molecule has 0 bridgehead atoms. The summed E-state index contributed by atoms with van der Waals surface area (Å²) in [6.45, 7) is 8.93. The van der Waals surface area contributed by atoms with Crippen LogP contribution in [0.15, 0.2) is 0 Å². The van der Waals surface area contributed by atoms with Crippen molar-refractivity contribution in [2.45, 2.75) is 20.8 Å². The Morgan fingerprint density at radius 1 is 1.40 bits per heavy atom. The van der Waals surface area contributed by atoms with E-state index in [0.717, 1.165) is 12.5 Å². The highest BCUT2D eigenvalue weighted by atomic mass is 32.2. The summed E-state index contributed by atoms with van der Waals surface area (Å²) in [5, 5.41) is 3.34. The number of rotatable bonds is 6. The summed E-state index contributed by atoms with van der Waals surface area (Å²) in [6.07, 6.45) is 0. The molecule has 0 amide bonds. The quantitative estimate of drug-likeness (QED) is 0.639. The molecule has 0 rings (SSSR count). The number of nitrogens with one attached hydrogen (secondary N) is 1. The summed E-state index contributed by atoms with van der Waals surface area (Å²) in [4.78, 5) is 0. The van der Waals surface area contributed by atoms with Crippen molar-refractivity contribution in [3.05, 3.63) is 0 Å². The van der Waals surface area contributed by atoms with Crippen molar-refractivity contribution in [3.63, 3.8) is 0 Å². The van der Waals surface area contributed by atoms with Gasteiger partial charge in [0.05, 0.1) is 0 Å². The van der Waals surface area contributed by atoms with Crippen LogP contribution in [0.1, 0.15) is 20.8 Å². The molecule has 0 aliphatic heterocycles. The van der Waals surface area contributed by atoms with Crippen molar-refractivity contribution < 1.29 is 0 Å². The van der Waals surface area contributed by atoms with Crippen molar-refractivity contribution in [3.8, 4) is 0 Å². The molecule has 0 aromatic heterocycles. The van der Waals surface area contributed by atoms with Gasteiger partial charge in [-0.05, 0) is 30.5 Å². The Bertz CT molecular complexity index is 58.3. The third kappa shape index (κ3) is 6.43. The summed E-state index contributed by atoms with van der Waals surface area (Å²) >= 11 is 2.03. The predicted octanol–water partition coefficient (Wildman–Crippen LogP) is 1.99. The lowest BCUT2D eigenvalue weighted by molar-refractivity contribution is 0.574. The maximum absolute atomic E-state index is 3.34. The molecule has 0 fully saturated rings. The lowest BCUT2D eigenvalue weighted by Crippen LogP contribution is -2.21. The van der Waals surface area contributed by atoms with Crippen LogP contribution in [-0.2, 0) is 0 Å². The molecule has 1 unspecified atom stereocenters. The minimum atomic E-state index is 0.824. The average molecular weight is 161 g/mol. The second kappa shape index (κ2) is 7.42. The van der Waals surface area contributed by atoms with Gasteiger partial charge in [-0.3, -0.25) is 0 Å². The van der Waals surface area contributed by atoms with Crippen molar-refractivity contribution >= 4 is 11.8 Å². The second-order valence-corrected chi connectivity index (χ2v) is 3.89. The minimum Gasteiger partial charge on any atom is -0.317 e. The Labute approximate surface area is 69.0 Å². The zero-order valence-corrected chi connectivity index (χ0v) is 8.13. The fourth-order valence-corrected chi connectivity index (χ4v) is 1.52. The average Bonchev–Trinajstić information content (AvgIpc) is 1.97. The highest BCUT2D eigenvalue weighted by molar-refractivity contribution is 7.99. The molecule has 0 saturated heterocycles. The summed E-state index contributed by atoms with van der Waals surface area (Å²) in [5.41, 5.74) is 0. The van der Waals surface area contributed by atoms with Gasteiger partial charge in [0.1, 0.15) is 0 Å². The van der Waals surface area contributed by atoms with Gasteiger partial charge in [-0.25, -0.2) is 0 Å². The third-order valence-electron chi connectivity index (χ3n) is 1.35. The molecule has 0 aliphatic rings. The first kappa shape index (κ1) is 10.3. The van der Waals surface area contributed by atoms with E-state index >= 15 is 0 Å². The van der Waals surface area contributed by atoms with Crippen LogP contribution in [0.5, 0.6) is 0 Å². The third-order valence-corrected chi connectivity index (χ3v) is 2.56. The summed E-state index contributed by atoms with van der Waals surface area (Å²) in [7, 11) is 0. The summed E-state index contributed by atoms with van der Waals surface area (Å²) in [5.74, 6) is 3.37. The summed E-state index contributed by atoms with van der Waals surface area (Å²) in [6, 6.07) is 0. The molecule has 0 spiro atoms. The molecule has 2 heteroatoms. The first-order valence-electron chi connectivity index (χ1n) is 4.09. The maximum atomic E-state index is 3.34. The normalized spacial score (nSPS) is 13.5. The fraction of sp³-hybridized carbons (Fsp3) is 1.00. The molecule has 0 aromatic carbocycles. The Morgan fingerprint density at radius 2 is 2.10 bits per heavy atom. The molecule has 0 saturated carbocycles. The Hall–Kier alpha value is 0.310. The second-order valence-electron chi connectivity index (χ2n) is 2.57. The zero-order valence-electron chi connectivity index (χ0n) is 7.31. The predicted molar refractivity (Wildman–Crippen MR) is 50.7 cm³/mol. The Morgan fingerprint density at radius 3 is 2.60 bits per heavy atom. The van der Waals surface area contributed by atoms with Crippen LogP contribution in [0.3, 0.4) is 0 Å². The van der Waals surface area contributed by atoms with Crippen molar-refractivity contribution in [1.29, 1.82) is 0 Å². The van der Waals surface area contributed by atoms with Gasteiger partial charge in [0.25, 0.3) is 0 Å². The highest BCUT2D eigenvalue weighted by Gasteiger charge is 1.98. The first-order valence-corrected chi connectivity index (χ1v) is 5.25. The van der Waals surface area contributed by atoms with Gasteiger partial charge in [0.2, 0.25) is 0 Å². The Kier molecular flexibility index (Phi) is 7.65. The van der Waals surface area contributed by atoms with Gasteiger partial charge in [-0.2, -0.15) is 11.8 Å². The van der Waals surface area contributed by atoms with Crippen LogP contribution in [0.25, 0.3) is 0 Å². The van der Waals surface area contributed by atoms with Crippen molar-refractivity contribution in [1.82, 2.24) is 5.32 Å². The minimum absolute atomic E-state index is 0.824. The van der Waals surface area contributed by atoms with Crippen LogP contribution >= 0.6 is 11.8 Å². The fourth-order valence-electron chi connectivity index (χ4n) is 0.769. The summed E-state index contributed by atoms with van der Waals surface area (Å²) < 4.78 is 0. The van der Waals surface area contributed by atoms with Gasteiger partial charge in [0.15, 0.2) is 0 Å². The van der Waals surface area contributed by atoms with E-state index in [1.165, 1.54) is 18.1 Å². The van der Waals surface area contributed by atoms with Crippen LogP contribution in [0, 0.1) is 5.92 Å². The first-order chi connectivity index (χ1) is 4.81. The van der Waals surface area contributed by atoms with E-state index in [9.17, 15) is 0 Å². The molecular formula is C8H19NS. The van der Waals surface area contributed by atoms with E-state index in [4.69, 9.17) is 0 Å². The van der Waals surface area contributed by atoms with Crippen LogP contribution in [0.2, 0.25) is 0 Å². The standard InChI is InChI=1S/C8H19NS/c1-4-9-6-8(3)7-10-5-2/h8-9H,4-7H2,1-3H3. The van der Waals surface area contributed by atoms with Crippen LogP contribution in [0.4, 0.5) is 0 Å². The number of hydrogen-bond donors (Lipinski definition) is 1. The molecule has 1 N–H and O–H groups in total. The molecule has 1 nitrogen and oxygen atoms in total. The monoisotopic (exact) mass is 161 g/mol. The van der Waals surface area contributed by atoms with Gasteiger partial charge in [-0.1, -0.05) is 20.8 Å². The van der Waals surface area contributed by atoms with E-state index in [2.05, 4.69) is 26.1 Å². The number of hydrogen-bond acceptors (Lipinski definition) is 2. The van der Waals surface area contributed by atoms with E-state index in [0.29, 0.717) is 0 Å². The SMILES string of the molecule is CCNCC(C)CSCC. The van der Waals surface area contributed by atoms with Crippen molar-refractivity contribution in [2.24, 2.45) is 5.92 Å². The van der Waals surface area contributed by atoms with Gasteiger partial charge >= 0.3 is 0 Å². The molecule has 0 aliphatic carbocycles. The zero-order chi connectivity index (χ0) is 7.82. The van der Waals surface area contributed by atoms with E-state index in [1.807, 2.05) is 11.8 Å². The van der Waals surface area contributed by atoms with Gasteiger partial charge in [0, 0.05) is 0 Å². The molecule has 1 atom stereocenters. The van der Waals surface area contributed by atoms with E-state index in [1.54, 1.807) is 0 Å². The Balaban J connectivity index is 3.00. The maximum Gasteiger partial charge on any atom is -0.00154 e. The smallest absolute Gasteiger partial charge is 0.00154 e. The number of thioether (sulfide) groups is 1. The molecule has 0 aromatic rings. The lowest BCUT2D eigenvalue weighted by Gasteiger charge is -2.09. The molecular weight excluding hydrogens is 142 g/mol. The van der Waals surface area contributed by atoms with Crippen LogP contribution < -0.4 is 5.32 Å². The van der Waals surface area contributed by atoms with E-state index < -0.39 is 0 Å². The topological polar surface area (TPSA) is 12.0 Å². The molecule has 0 heterocycles. The van der Waals surface area contributed by atoms with Gasteiger partial charge < -0.3 is 5.32 Å². The molecule has 0 radical (unpaired) electrons. The van der Waals surface area contributed by atoms with Gasteiger partial charge in [-0.15, -0.1) is 0 Å². The van der Waals surface area contributed by atoms with Crippen molar-refractivity contribution in [2.75, 3.05) is 24.6 Å². The largest absolute Gasteiger partial charge is 0.317 e. The lowest BCUT2D eigenvalue weighted by atomic mass is 10.2.